The predicted molar refractivity (Wildman–Crippen MR) is 105 cm³/mol. The lowest BCUT2D eigenvalue weighted by Gasteiger charge is -2.22. The van der Waals surface area contributed by atoms with Crippen LogP contribution in [0.3, 0.4) is 0 Å². The molecule has 27 heavy (non-hydrogen) atoms. The molecule has 1 N–H and O–H groups in total. The van der Waals surface area contributed by atoms with Gasteiger partial charge in [-0.05, 0) is 44.0 Å². The number of hydrogen-bond acceptors (Lipinski definition) is 3. The van der Waals surface area contributed by atoms with E-state index in [9.17, 15) is 4.79 Å². The van der Waals surface area contributed by atoms with E-state index in [4.69, 9.17) is 16.0 Å². The van der Waals surface area contributed by atoms with Crippen molar-refractivity contribution in [2.24, 2.45) is 0 Å². The number of amides is 1. The summed E-state index contributed by atoms with van der Waals surface area (Å²) in [6, 6.07) is 13.1. The van der Waals surface area contributed by atoms with Crippen LogP contribution in [0, 0.1) is 6.92 Å². The van der Waals surface area contributed by atoms with E-state index in [2.05, 4.69) is 10.4 Å². The van der Waals surface area contributed by atoms with Crippen LogP contribution in [-0.4, -0.2) is 21.7 Å². The van der Waals surface area contributed by atoms with Gasteiger partial charge in [0.25, 0.3) is 5.91 Å². The first-order valence-electron chi connectivity index (χ1n) is 9.34. The summed E-state index contributed by atoms with van der Waals surface area (Å²) in [6.45, 7) is 1.88. The maximum Gasteiger partial charge on any atom is 0.270 e. The molecule has 1 aromatic carbocycles. The molecule has 6 heteroatoms. The standard InChI is InChI=1S/C21H22ClN3O2/c1-14-11-12-20(27-14)17-13-19(21(26)23-15-7-3-2-4-8-15)25(24-17)18-10-6-5-9-16(18)22/h5-6,9-13,15H,2-4,7-8H2,1H3,(H,23,26). The molecule has 0 radical (unpaired) electrons. The first-order chi connectivity index (χ1) is 13.1. The molecule has 0 spiro atoms. The van der Waals surface area contributed by atoms with Crippen LogP contribution in [-0.2, 0) is 0 Å². The highest BCUT2D eigenvalue weighted by molar-refractivity contribution is 6.32. The topological polar surface area (TPSA) is 60.1 Å². The minimum absolute atomic E-state index is 0.135. The summed E-state index contributed by atoms with van der Waals surface area (Å²) < 4.78 is 7.30. The molecule has 140 valence electrons. The van der Waals surface area contributed by atoms with Crippen molar-refractivity contribution in [3.8, 4) is 17.1 Å². The lowest BCUT2D eigenvalue weighted by atomic mass is 9.95. The van der Waals surface area contributed by atoms with Gasteiger partial charge in [0.05, 0.1) is 10.7 Å². The number of nitrogens with zero attached hydrogens (tertiary/aromatic N) is 2. The molecule has 1 saturated carbocycles. The minimum Gasteiger partial charge on any atom is -0.460 e. The Hall–Kier alpha value is -2.53. The average molecular weight is 384 g/mol. The van der Waals surface area contributed by atoms with Crippen LogP contribution in [0.25, 0.3) is 17.1 Å². The third-order valence-electron chi connectivity index (χ3n) is 4.96. The number of hydrogen-bond donors (Lipinski definition) is 1. The van der Waals surface area contributed by atoms with E-state index < -0.39 is 0 Å². The molecule has 5 nitrogen and oxygen atoms in total. The van der Waals surface area contributed by atoms with E-state index in [1.54, 1.807) is 16.8 Å². The SMILES string of the molecule is Cc1ccc(-c2cc(C(=O)NC3CCCCC3)n(-c3ccccc3Cl)n2)o1. The highest BCUT2D eigenvalue weighted by Gasteiger charge is 2.23. The molecule has 0 bridgehead atoms. The molecule has 0 aliphatic heterocycles. The van der Waals surface area contributed by atoms with Crippen LogP contribution in [0.1, 0.15) is 48.4 Å². The highest BCUT2D eigenvalue weighted by atomic mass is 35.5. The van der Waals surface area contributed by atoms with Crippen molar-refractivity contribution in [1.82, 2.24) is 15.1 Å². The van der Waals surface area contributed by atoms with Gasteiger partial charge in [0, 0.05) is 12.1 Å². The summed E-state index contributed by atoms with van der Waals surface area (Å²) in [5.41, 5.74) is 1.73. The van der Waals surface area contributed by atoms with Crippen molar-refractivity contribution in [3.63, 3.8) is 0 Å². The predicted octanol–water partition coefficient (Wildman–Crippen LogP) is 5.16. The maximum absolute atomic E-state index is 13.0. The molecular weight excluding hydrogens is 362 g/mol. The van der Waals surface area contributed by atoms with Crippen molar-refractivity contribution >= 4 is 17.5 Å². The minimum atomic E-state index is -0.135. The molecule has 1 amide bonds. The molecule has 0 saturated heterocycles. The number of furan rings is 1. The summed E-state index contributed by atoms with van der Waals surface area (Å²) in [5.74, 6) is 1.29. The third kappa shape index (κ3) is 3.78. The Labute approximate surface area is 163 Å². The van der Waals surface area contributed by atoms with E-state index in [0.717, 1.165) is 31.4 Å². The Balaban J connectivity index is 1.72. The van der Waals surface area contributed by atoms with Crippen LogP contribution >= 0.6 is 11.6 Å². The summed E-state index contributed by atoms with van der Waals surface area (Å²) in [7, 11) is 0. The number of aryl methyl sites for hydroxylation is 1. The van der Waals surface area contributed by atoms with E-state index in [1.165, 1.54) is 6.42 Å². The Morgan fingerprint density at radius 3 is 2.67 bits per heavy atom. The Bertz CT molecular complexity index is 954. The van der Waals surface area contributed by atoms with Gasteiger partial charge < -0.3 is 9.73 Å². The first-order valence-corrected chi connectivity index (χ1v) is 9.72. The largest absolute Gasteiger partial charge is 0.460 e. The van der Waals surface area contributed by atoms with Crippen molar-refractivity contribution in [3.05, 3.63) is 58.9 Å². The third-order valence-corrected chi connectivity index (χ3v) is 5.28. The molecule has 1 aliphatic rings. The molecule has 2 aromatic heterocycles. The fraction of sp³-hybridized carbons (Fsp3) is 0.333. The number of rotatable bonds is 4. The second-order valence-corrected chi connectivity index (χ2v) is 7.40. The molecule has 4 rings (SSSR count). The first kappa shape index (κ1) is 17.9. The number of aromatic nitrogens is 2. The fourth-order valence-corrected chi connectivity index (χ4v) is 3.76. The monoisotopic (exact) mass is 383 g/mol. The van der Waals surface area contributed by atoms with Crippen molar-refractivity contribution in [1.29, 1.82) is 0 Å². The lowest BCUT2D eigenvalue weighted by molar-refractivity contribution is 0.0920. The molecule has 0 atom stereocenters. The van der Waals surface area contributed by atoms with Gasteiger partial charge in [-0.15, -0.1) is 0 Å². The van der Waals surface area contributed by atoms with Crippen molar-refractivity contribution in [2.75, 3.05) is 0 Å². The van der Waals surface area contributed by atoms with E-state index in [0.29, 0.717) is 27.9 Å². The smallest absolute Gasteiger partial charge is 0.270 e. The van der Waals surface area contributed by atoms with Gasteiger partial charge in [0.2, 0.25) is 0 Å². The summed E-state index contributed by atoms with van der Waals surface area (Å²) in [5, 5.41) is 8.31. The van der Waals surface area contributed by atoms with Crippen molar-refractivity contribution in [2.45, 2.75) is 45.1 Å². The Morgan fingerprint density at radius 1 is 1.19 bits per heavy atom. The zero-order chi connectivity index (χ0) is 18.8. The van der Waals surface area contributed by atoms with Crippen molar-refractivity contribution < 1.29 is 9.21 Å². The second kappa shape index (κ2) is 7.61. The van der Waals surface area contributed by atoms with Gasteiger partial charge in [0.1, 0.15) is 17.1 Å². The summed E-state index contributed by atoms with van der Waals surface area (Å²) in [4.78, 5) is 13.0. The van der Waals surface area contributed by atoms with Crippen LogP contribution in [0.15, 0.2) is 46.9 Å². The lowest BCUT2D eigenvalue weighted by Crippen LogP contribution is -2.37. The van der Waals surface area contributed by atoms with E-state index >= 15 is 0 Å². The molecule has 2 heterocycles. The van der Waals surface area contributed by atoms with Crippen LogP contribution < -0.4 is 5.32 Å². The average Bonchev–Trinajstić information content (AvgIpc) is 3.29. The Morgan fingerprint density at radius 2 is 1.96 bits per heavy atom. The number of carbonyl (C=O) groups excluding carboxylic acids is 1. The number of carbonyl (C=O) groups is 1. The normalized spacial score (nSPS) is 15.0. The quantitative estimate of drug-likeness (QED) is 0.677. The number of nitrogens with one attached hydrogen (secondary N) is 1. The number of benzene rings is 1. The van der Waals surface area contributed by atoms with Gasteiger partial charge in [-0.2, -0.15) is 5.10 Å². The Kier molecular flexibility index (Phi) is 5.03. The van der Waals surface area contributed by atoms with E-state index in [-0.39, 0.29) is 11.9 Å². The summed E-state index contributed by atoms with van der Waals surface area (Å²) >= 11 is 6.37. The fourth-order valence-electron chi connectivity index (χ4n) is 3.55. The van der Waals surface area contributed by atoms with Crippen LogP contribution in [0.2, 0.25) is 5.02 Å². The van der Waals surface area contributed by atoms with Gasteiger partial charge in [-0.25, -0.2) is 4.68 Å². The molecule has 1 fully saturated rings. The maximum atomic E-state index is 13.0. The van der Waals surface area contributed by atoms with Crippen LogP contribution in [0.4, 0.5) is 0 Å². The van der Waals surface area contributed by atoms with Gasteiger partial charge in [-0.3, -0.25) is 4.79 Å². The number of para-hydroxylation sites is 1. The van der Waals surface area contributed by atoms with Crippen LogP contribution in [0.5, 0.6) is 0 Å². The molecule has 0 unspecified atom stereocenters. The summed E-state index contributed by atoms with van der Waals surface area (Å²) in [6.07, 6.45) is 5.61. The highest BCUT2D eigenvalue weighted by Crippen LogP contribution is 2.27. The van der Waals surface area contributed by atoms with E-state index in [1.807, 2.05) is 37.3 Å². The zero-order valence-electron chi connectivity index (χ0n) is 15.2. The molecule has 3 aromatic rings. The van der Waals surface area contributed by atoms with Gasteiger partial charge in [-0.1, -0.05) is 43.0 Å². The van der Waals surface area contributed by atoms with Gasteiger partial charge >= 0.3 is 0 Å². The second-order valence-electron chi connectivity index (χ2n) is 7.00. The molecule has 1 aliphatic carbocycles. The molecular formula is C21H22ClN3O2. The number of halogens is 1. The van der Waals surface area contributed by atoms with Gasteiger partial charge in [0.15, 0.2) is 5.76 Å². The zero-order valence-corrected chi connectivity index (χ0v) is 16.0.